The SMILES string of the molecule is CC/C=C\C/C=C\C/C=C\C/C=C\CCCCCCCCCCCCCCCCCCCCCCCCC(=O)OC(COC(=O)CCCCCCCCCCCCCCCCCCCCCCCCCCC/C=C\C/C=C\CCCCCCC)COP(=O)(O)OCCN. The van der Waals surface area contributed by atoms with Crippen LogP contribution in [0.25, 0.3) is 0 Å². The second-order valence-electron chi connectivity index (χ2n) is 27.3. The molecule has 0 aliphatic rings. The van der Waals surface area contributed by atoms with Gasteiger partial charge < -0.3 is 20.1 Å². The van der Waals surface area contributed by atoms with Crippen molar-refractivity contribution >= 4 is 19.8 Å². The van der Waals surface area contributed by atoms with Crippen LogP contribution >= 0.6 is 7.82 Å². The molecule has 0 rings (SSSR count). The highest BCUT2D eigenvalue weighted by atomic mass is 31.2. The van der Waals surface area contributed by atoms with Gasteiger partial charge in [-0.05, 0) is 83.5 Å². The van der Waals surface area contributed by atoms with Crippen molar-refractivity contribution in [3.8, 4) is 0 Å². The first-order valence-electron chi connectivity index (χ1n) is 40.4. The fourth-order valence-electron chi connectivity index (χ4n) is 12.1. The van der Waals surface area contributed by atoms with E-state index in [1.807, 2.05) is 0 Å². The normalized spacial score (nSPS) is 13.2. The molecule has 2 unspecified atom stereocenters. The van der Waals surface area contributed by atoms with Crippen LogP contribution in [0.1, 0.15) is 412 Å². The van der Waals surface area contributed by atoms with E-state index in [-0.39, 0.29) is 38.6 Å². The summed E-state index contributed by atoms with van der Waals surface area (Å²) in [7, 11) is -4.40. The van der Waals surface area contributed by atoms with Crippen molar-refractivity contribution in [3.63, 3.8) is 0 Å². The summed E-state index contributed by atoms with van der Waals surface area (Å²) in [5.41, 5.74) is 5.42. The van der Waals surface area contributed by atoms with Crippen LogP contribution < -0.4 is 5.73 Å². The van der Waals surface area contributed by atoms with E-state index < -0.39 is 26.5 Å². The first kappa shape index (κ1) is 90.5. The maximum absolute atomic E-state index is 12.8. The summed E-state index contributed by atoms with van der Waals surface area (Å²) in [4.78, 5) is 35.5. The Morgan fingerprint density at radius 1 is 0.333 bits per heavy atom. The summed E-state index contributed by atoms with van der Waals surface area (Å²) in [6.45, 7) is 3.69. The van der Waals surface area contributed by atoms with Crippen molar-refractivity contribution in [2.45, 2.75) is 418 Å². The Morgan fingerprint density at radius 2 is 0.591 bits per heavy atom. The average Bonchev–Trinajstić information content (AvgIpc) is 3.70. The summed E-state index contributed by atoms with van der Waals surface area (Å²) in [6, 6.07) is 0. The van der Waals surface area contributed by atoms with Gasteiger partial charge in [-0.15, -0.1) is 0 Å². The Balaban J connectivity index is 3.75. The number of unbranched alkanes of at least 4 members (excludes halogenated alkanes) is 52. The van der Waals surface area contributed by atoms with Crippen LogP contribution in [0.2, 0.25) is 0 Å². The topological polar surface area (TPSA) is 134 Å². The lowest BCUT2D eigenvalue weighted by atomic mass is 10.0. The molecule has 0 aliphatic heterocycles. The van der Waals surface area contributed by atoms with Gasteiger partial charge in [0.15, 0.2) is 6.10 Å². The Labute approximate surface area is 577 Å². The number of esters is 2. The minimum absolute atomic E-state index is 0.0551. The maximum atomic E-state index is 12.8. The van der Waals surface area contributed by atoms with Gasteiger partial charge in [-0.25, -0.2) is 4.57 Å². The third-order valence-corrected chi connectivity index (χ3v) is 19.1. The number of ether oxygens (including phenoxy) is 2. The van der Waals surface area contributed by atoms with E-state index in [0.717, 1.165) is 64.2 Å². The van der Waals surface area contributed by atoms with Gasteiger partial charge >= 0.3 is 19.8 Å². The quantitative estimate of drug-likeness (QED) is 0.0264. The molecule has 0 aromatic rings. The number of allylic oxidation sites excluding steroid dienone is 12. The first-order chi connectivity index (χ1) is 45.8. The Bertz CT molecular complexity index is 1760. The van der Waals surface area contributed by atoms with Crippen LogP contribution in [0.5, 0.6) is 0 Å². The van der Waals surface area contributed by atoms with E-state index in [9.17, 15) is 19.0 Å². The summed E-state index contributed by atoms with van der Waals surface area (Å²) in [5.74, 6) is -0.804. The summed E-state index contributed by atoms with van der Waals surface area (Å²) < 4.78 is 33.3. The van der Waals surface area contributed by atoms with Crippen LogP contribution in [-0.4, -0.2) is 49.3 Å². The van der Waals surface area contributed by atoms with E-state index in [1.54, 1.807) is 0 Å². The van der Waals surface area contributed by atoms with E-state index in [2.05, 4.69) is 86.8 Å². The Hall–Kier alpha value is -2.55. The highest BCUT2D eigenvalue weighted by Gasteiger charge is 2.26. The predicted octanol–water partition coefficient (Wildman–Crippen LogP) is 27.1. The molecule has 0 radical (unpaired) electrons. The maximum Gasteiger partial charge on any atom is 0.472 e. The Kier molecular flexibility index (Phi) is 76.3. The molecule has 0 aromatic carbocycles. The number of carbonyl (C=O) groups is 2. The molecule has 0 saturated heterocycles. The van der Waals surface area contributed by atoms with Gasteiger partial charge in [0.2, 0.25) is 0 Å². The molecule has 9 nitrogen and oxygen atoms in total. The van der Waals surface area contributed by atoms with Gasteiger partial charge in [-0.1, -0.05) is 389 Å². The number of carbonyl (C=O) groups excluding carboxylic acids is 2. The molecule has 0 fully saturated rings. The van der Waals surface area contributed by atoms with Crippen molar-refractivity contribution < 1.29 is 37.6 Å². The minimum atomic E-state index is -4.40. The van der Waals surface area contributed by atoms with Crippen molar-refractivity contribution in [2.75, 3.05) is 26.4 Å². The highest BCUT2D eigenvalue weighted by molar-refractivity contribution is 7.47. The van der Waals surface area contributed by atoms with Gasteiger partial charge in [0.1, 0.15) is 6.61 Å². The molecular weight excluding hydrogens is 1170 g/mol. The molecule has 0 amide bonds. The molecule has 2 atom stereocenters. The zero-order valence-corrected chi connectivity index (χ0v) is 62.4. The van der Waals surface area contributed by atoms with E-state index in [1.165, 1.54) is 315 Å². The molecular formula is C83H154NO8P. The van der Waals surface area contributed by atoms with Crippen LogP contribution in [0.3, 0.4) is 0 Å². The lowest BCUT2D eigenvalue weighted by molar-refractivity contribution is -0.161. The smallest absolute Gasteiger partial charge is 0.462 e. The summed E-state index contributed by atoms with van der Waals surface area (Å²) in [6.07, 6.45) is 105. The number of hydrogen-bond donors (Lipinski definition) is 2. The molecule has 93 heavy (non-hydrogen) atoms. The number of hydrogen-bond acceptors (Lipinski definition) is 8. The van der Waals surface area contributed by atoms with Gasteiger partial charge in [-0.3, -0.25) is 18.6 Å². The van der Waals surface area contributed by atoms with E-state index in [0.29, 0.717) is 6.42 Å². The van der Waals surface area contributed by atoms with Crippen molar-refractivity contribution in [1.29, 1.82) is 0 Å². The molecule has 0 bridgehead atoms. The van der Waals surface area contributed by atoms with E-state index in [4.69, 9.17) is 24.3 Å². The molecule has 10 heteroatoms. The third-order valence-electron chi connectivity index (χ3n) is 18.1. The lowest BCUT2D eigenvalue weighted by Crippen LogP contribution is -2.29. The van der Waals surface area contributed by atoms with Crippen molar-refractivity contribution in [2.24, 2.45) is 5.73 Å². The van der Waals surface area contributed by atoms with Crippen LogP contribution in [-0.2, 0) is 32.7 Å². The van der Waals surface area contributed by atoms with Crippen LogP contribution in [0.15, 0.2) is 72.9 Å². The third kappa shape index (κ3) is 78.3. The molecule has 544 valence electrons. The highest BCUT2D eigenvalue weighted by Crippen LogP contribution is 2.43. The van der Waals surface area contributed by atoms with E-state index >= 15 is 0 Å². The molecule has 0 aliphatic carbocycles. The summed E-state index contributed by atoms with van der Waals surface area (Å²) in [5, 5.41) is 0. The molecule has 0 heterocycles. The fraction of sp³-hybridized carbons (Fsp3) is 0.831. The molecule has 3 N–H and O–H groups in total. The van der Waals surface area contributed by atoms with Gasteiger partial charge in [0.05, 0.1) is 13.2 Å². The monoisotopic (exact) mass is 1320 g/mol. The van der Waals surface area contributed by atoms with Crippen molar-refractivity contribution in [1.82, 2.24) is 0 Å². The molecule has 0 saturated carbocycles. The molecule has 0 aromatic heterocycles. The standard InChI is InChI=1S/C83H154NO8P/c1-3-5-7-9-11-13-15-17-19-21-23-25-27-29-31-33-35-37-39-40-42-43-45-47-49-51-53-55-57-59-61-63-65-67-69-71-73-75-82(85)89-79-81(80-91-93(87,88)90-78-77-84)92-83(86)76-74-72-70-68-66-64-62-60-58-56-54-52-50-48-46-44-41-38-36-34-32-30-28-26-24-22-20-18-16-14-12-10-8-6-4-2/h6,8,12,14-15,17-18,20-21,23-24,26,81H,3-5,7,9-11,13,16,19,22,25,27-80,84H2,1-2H3,(H,87,88)/b8-6-,14-12-,17-15-,20-18-,23-21-,26-24-. The van der Waals surface area contributed by atoms with Gasteiger partial charge in [0.25, 0.3) is 0 Å². The number of phosphoric acid groups is 1. The summed E-state index contributed by atoms with van der Waals surface area (Å²) >= 11 is 0. The minimum Gasteiger partial charge on any atom is -0.462 e. The number of phosphoric ester groups is 1. The fourth-order valence-corrected chi connectivity index (χ4v) is 12.9. The predicted molar refractivity (Wildman–Crippen MR) is 404 cm³/mol. The lowest BCUT2D eigenvalue weighted by Gasteiger charge is -2.19. The van der Waals surface area contributed by atoms with Crippen molar-refractivity contribution in [3.05, 3.63) is 72.9 Å². The number of nitrogens with two attached hydrogens (primary N) is 1. The second kappa shape index (κ2) is 78.4. The van der Waals surface area contributed by atoms with Gasteiger partial charge in [0, 0.05) is 19.4 Å². The van der Waals surface area contributed by atoms with Crippen LogP contribution in [0.4, 0.5) is 0 Å². The number of rotatable bonds is 77. The average molecular weight is 1330 g/mol. The Morgan fingerprint density at radius 3 is 0.882 bits per heavy atom. The molecule has 0 spiro atoms. The zero-order valence-electron chi connectivity index (χ0n) is 61.5. The largest absolute Gasteiger partial charge is 0.472 e. The zero-order chi connectivity index (χ0) is 67.2. The van der Waals surface area contributed by atoms with Crippen LogP contribution in [0, 0.1) is 0 Å². The van der Waals surface area contributed by atoms with Gasteiger partial charge in [-0.2, -0.15) is 0 Å². The second-order valence-corrected chi connectivity index (χ2v) is 28.7. The first-order valence-corrected chi connectivity index (χ1v) is 41.9.